The number of anilines is 1. The molecule has 2 unspecified atom stereocenters. The molecule has 2 atom stereocenters. The first-order chi connectivity index (χ1) is 14.0. The van der Waals surface area contributed by atoms with Crippen molar-refractivity contribution in [3.05, 3.63) is 100 Å². The number of halogens is 2. The van der Waals surface area contributed by atoms with Crippen LogP contribution in [0, 0.1) is 5.82 Å². The third-order valence-corrected chi connectivity index (χ3v) is 6.83. The van der Waals surface area contributed by atoms with Gasteiger partial charge in [-0.15, -0.1) is 0 Å². The maximum atomic E-state index is 13.4. The van der Waals surface area contributed by atoms with Crippen molar-refractivity contribution in [1.82, 2.24) is 5.43 Å². The summed E-state index contributed by atoms with van der Waals surface area (Å²) in [4.78, 5) is 2.94. The average Bonchev–Trinajstić information content (AvgIpc) is 3.14. The fraction of sp³-hybridized carbons (Fsp3) is 0.0909. The van der Waals surface area contributed by atoms with Crippen LogP contribution in [0.15, 0.2) is 93.7 Å². The Morgan fingerprint density at radius 2 is 1.66 bits per heavy atom. The molecule has 0 aromatic heterocycles. The molecule has 0 fully saturated rings. The van der Waals surface area contributed by atoms with Gasteiger partial charge in [0.2, 0.25) is 0 Å². The molecular weight excluding hydrogens is 427 g/mol. The van der Waals surface area contributed by atoms with Gasteiger partial charge in [-0.3, -0.25) is 9.22 Å². The molecule has 3 aromatic rings. The molecule has 0 aliphatic carbocycles. The first-order valence-corrected chi connectivity index (χ1v) is 11.6. The van der Waals surface area contributed by atoms with Crippen LogP contribution in [0.5, 0.6) is 0 Å². The van der Waals surface area contributed by atoms with Crippen LogP contribution in [0.1, 0.15) is 11.6 Å². The lowest BCUT2D eigenvalue weighted by Gasteiger charge is -2.29. The van der Waals surface area contributed by atoms with E-state index in [1.165, 1.54) is 12.1 Å². The fourth-order valence-corrected chi connectivity index (χ4v) is 4.77. The SMILES string of the molecule is CS(=O)c1ccc(C2C(Sc3ccc(Cl)cc3)=CNN2c2ccc(F)cc2)cc1. The molecule has 0 amide bonds. The Morgan fingerprint density at radius 1 is 1.00 bits per heavy atom. The van der Waals surface area contributed by atoms with Crippen LogP contribution in [0.2, 0.25) is 5.02 Å². The summed E-state index contributed by atoms with van der Waals surface area (Å²) in [5.41, 5.74) is 5.19. The average molecular weight is 445 g/mol. The van der Waals surface area contributed by atoms with Gasteiger partial charge >= 0.3 is 0 Å². The zero-order chi connectivity index (χ0) is 20.4. The Kier molecular flexibility index (Phi) is 5.94. The van der Waals surface area contributed by atoms with Gasteiger partial charge in [-0.05, 0) is 66.2 Å². The van der Waals surface area contributed by atoms with Crippen molar-refractivity contribution < 1.29 is 8.60 Å². The Hall–Kier alpha value is -2.28. The maximum Gasteiger partial charge on any atom is 0.123 e. The molecule has 3 nitrogen and oxygen atoms in total. The van der Waals surface area contributed by atoms with E-state index in [4.69, 9.17) is 11.6 Å². The zero-order valence-electron chi connectivity index (χ0n) is 15.5. The van der Waals surface area contributed by atoms with Crippen LogP contribution in [-0.4, -0.2) is 10.5 Å². The van der Waals surface area contributed by atoms with E-state index in [2.05, 4.69) is 5.43 Å². The van der Waals surface area contributed by atoms with Gasteiger partial charge in [-0.2, -0.15) is 0 Å². The molecule has 0 radical (unpaired) electrons. The van der Waals surface area contributed by atoms with Crippen molar-refractivity contribution >= 4 is 39.8 Å². The van der Waals surface area contributed by atoms with Gasteiger partial charge in [0.1, 0.15) is 11.9 Å². The summed E-state index contributed by atoms with van der Waals surface area (Å²) in [6.45, 7) is 0. The number of benzene rings is 3. The normalized spacial score (nSPS) is 17.0. The first kappa shape index (κ1) is 20.0. The van der Waals surface area contributed by atoms with Crippen LogP contribution in [0.4, 0.5) is 10.1 Å². The van der Waals surface area contributed by atoms with Gasteiger partial charge in [-0.25, -0.2) is 4.39 Å². The van der Waals surface area contributed by atoms with Gasteiger partial charge in [0, 0.05) is 43.0 Å². The molecule has 0 saturated heterocycles. The molecule has 29 heavy (non-hydrogen) atoms. The highest BCUT2D eigenvalue weighted by atomic mass is 35.5. The summed E-state index contributed by atoms with van der Waals surface area (Å²) in [7, 11) is -1.03. The number of nitrogens with zero attached hydrogens (tertiary/aromatic N) is 1. The predicted molar refractivity (Wildman–Crippen MR) is 119 cm³/mol. The number of hydrogen-bond acceptors (Lipinski definition) is 4. The summed E-state index contributed by atoms with van der Waals surface area (Å²) >= 11 is 7.65. The van der Waals surface area contributed by atoms with Gasteiger partial charge in [0.25, 0.3) is 0 Å². The van der Waals surface area contributed by atoms with Crippen molar-refractivity contribution in [3.63, 3.8) is 0 Å². The summed E-state index contributed by atoms with van der Waals surface area (Å²) in [5, 5.41) is 2.69. The minimum atomic E-state index is -1.03. The van der Waals surface area contributed by atoms with Crippen LogP contribution >= 0.6 is 23.4 Å². The van der Waals surface area contributed by atoms with E-state index >= 15 is 0 Å². The number of hydrogen-bond donors (Lipinski definition) is 1. The van der Waals surface area contributed by atoms with Gasteiger partial charge in [-0.1, -0.05) is 35.5 Å². The van der Waals surface area contributed by atoms with Gasteiger partial charge in [0.15, 0.2) is 0 Å². The van der Waals surface area contributed by atoms with Gasteiger partial charge in [0.05, 0.1) is 5.69 Å². The molecule has 3 aromatic carbocycles. The van der Waals surface area contributed by atoms with Crippen LogP contribution in [-0.2, 0) is 10.8 Å². The minimum absolute atomic E-state index is 0.111. The van der Waals surface area contributed by atoms with Crippen LogP contribution in [0.25, 0.3) is 0 Å². The van der Waals surface area contributed by atoms with E-state index in [1.807, 2.05) is 59.7 Å². The molecule has 1 N–H and O–H groups in total. The fourth-order valence-electron chi connectivity index (χ4n) is 3.12. The maximum absolute atomic E-state index is 13.4. The summed E-state index contributed by atoms with van der Waals surface area (Å²) in [5.74, 6) is -0.275. The molecule has 0 saturated carbocycles. The number of thioether (sulfide) groups is 1. The highest BCUT2D eigenvalue weighted by molar-refractivity contribution is 8.03. The van der Waals surface area contributed by atoms with Crippen molar-refractivity contribution in [3.8, 4) is 0 Å². The lowest BCUT2D eigenvalue weighted by atomic mass is 10.1. The Bertz CT molecular complexity index is 1050. The standard InChI is InChI=1S/C22H18ClFN2OS2/c1-29(27)20-12-2-15(3-13-20)22-21(28-19-10-4-16(23)5-11-19)14-25-26(22)18-8-6-17(24)7-9-18/h2-14,22,25H,1H3. The number of rotatable bonds is 5. The molecule has 4 rings (SSSR count). The van der Waals surface area contributed by atoms with E-state index in [-0.39, 0.29) is 11.9 Å². The third-order valence-electron chi connectivity index (χ3n) is 4.56. The van der Waals surface area contributed by atoms with Crippen LogP contribution in [0.3, 0.4) is 0 Å². The molecule has 0 bridgehead atoms. The van der Waals surface area contributed by atoms with E-state index in [1.54, 1.807) is 30.2 Å². The van der Waals surface area contributed by atoms with Crippen molar-refractivity contribution in [1.29, 1.82) is 0 Å². The van der Waals surface area contributed by atoms with E-state index in [9.17, 15) is 8.60 Å². The van der Waals surface area contributed by atoms with Crippen LogP contribution < -0.4 is 10.4 Å². The Balaban J connectivity index is 1.68. The number of nitrogens with one attached hydrogen (secondary N) is 1. The van der Waals surface area contributed by atoms with E-state index in [0.717, 1.165) is 25.9 Å². The molecule has 148 valence electrons. The highest BCUT2D eigenvalue weighted by Crippen LogP contribution is 2.43. The third kappa shape index (κ3) is 4.50. The van der Waals surface area contributed by atoms with E-state index < -0.39 is 10.8 Å². The molecule has 7 heteroatoms. The predicted octanol–water partition coefficient (Wildman–Crippen LogP) is 5.92. The zero-order valence-corrected chi connectivity index (χ0v) is 17.9. The lowest BCUT2D eigenvalue weighted by molar-refractivity contribution is 0.626. The quantitative estimate of drug-likeness (QED) is 0.529. The van der Waals surface area contributed by atoms with Crippen molar-refractivity contribution in [2.24, 2.45) is 0 Å². The summed E-state index contributed by atoms with van der Waals surface area (Å²) < 4.78 is 25.2. The minimum Gasteiger partial charge on any atom is -0.304 e. The highest BCUT2D eigenvalue weighted by Gasteiger charge is 2.30. The smallest absolute Gasteiger partial charge is 0.123 e. The summed E-state index contributed by atoms with van der Waals surface area (Å²) in [6, 6.07) is 21.7. The molecule has 1 aliphatic heterocycles. The van der Waals surface area contributed by atoms with E-state index in [0.29, 0.717) is 5.02 Å². The molecule has 0 spiro atoms. The second-order valence-electron chi connectivity index (χ2n) is 6.50. The second kappa shape index (κ2) is 8.61. The molecular formula is C22H18ClFN2OS2. The van der Waals surface area contributed by atoms with Crippen molar-refractivity contribution in [2.75, 3.05) is 11.3 Å². The summed E-state index contributed by atoms with van der Waals surface area (Å²) in [6.07, 6.45) is 3.62. The Morgan fingerprint density at radius 3 is 2.28 bits per heavy atom. The first-order valence-electron chi connectivity index (χ1n) is 8.89. The Labute approximate surface area is 181 Å². The number of hydrazine groups is 1. The van der Waals surface area contributed by atoms with Gasteiger partial charge < -0.3 is 5.43 Å². The topological polar surface area (TPSA) is 32.3 Å². The lowest BCUT2D eigenvalue weighted by Crippen LogP contribution is -2.33. The second-order valence-corrected chi connectivity index (χ2v) is 9.47. The molecule has 1 heterocycles. The molecule has 1 aliphatic rings. The largest absolute Gasteiger partial charge is 0.304 e. The van der Waals surface area contributed by atoms with Crippen molar-refractivity contribution in [2.45, 2.75) is 15.8 Å². The monoisotopic (exact) mass is 444 g/mol.